The molecule has 0 atom stereocenters. The number of benzene rings is 2. The first-order chi connectivity index (χ1) is 11.7. The Balaban J connectivity index is 2.31. The van der Waals surface area contributed by atoms with Gasteiger partial charge in [-0.15, -0.1) is 0 Å². The van der Waals surface area contributed by atoms with Gasteiger partial charge in [-0.1, -0.05) is 30.0 Å². The standard InChI is InChI=1S/C17H16N4O2S/c1-23-15-9-8-12(10-14(15)21-17(24-2)19-11-18)16(22)20-13-6-4-3-5-7-13/h3-10H,1-2H3,(H,19,21)(H,20,22). The fourth-order valence-corrected chi connectivity index (χ4v) is 2.26. The summed E-state index contributed by atoms with van der Waals surface area (Å²) < 4.78 is 5.26. The number of aliphatic imine (C=N–C) groups is 1. The fraction of sp³-hybridized carbons (Fsp3) is 0.118. The number of anilines is 1. The highest BCUT2D eigenvalue weighted by Gasteiger charge is 2.11. The summed E-state index contributed by atoms with van der Waals surface area (Å²) in [6.45, 7) is 0. The van der Waals surface area contributed by atoms with Gasteiger partial charge in [-0.25, -0.2) is 4.99 Å². The smallest absolute Gasteiger partial charge is 0.255 e. The second-order valence-electron chi connectivity index (χ2n) is 4.56. The number of amidine groups is 1. The molecule has 0 saturated carbocycles. The lowest BCUT2D eigenvalue weighted by Crippen LogP contribution is -2.13. The number of rotatable bonds is 4. The van der Waals surface area contributed by atoms with Crippen LogP contribution in [-0.4, -0.2) is 24.4 Å². The number of nitrogens with zero attached hydrogens (tertiary/aromatic N) is 2. The molecule has 0 aliphatic carbocycles. The summed E-state index contributed by atoms with van der Waals surface area (Å²) in [5.41, 5.74) is 1.61. The van der Waals surface area contributed by atoms with Crippen LogP contribution in [0.5, 0.6) is 5.75 Å². The molecule has 0 aliphatic rings. The Labute approximate surface area is 144 Å². The zero-order valence-corrected chi connectivity index (χ0v) is 14.1. The number of ether oxygens (including phenoxy) is 1. The molecule has 0 aliphatic heterocycles. The first kappa shape index (κ1) is 17.4. The van der Waals surface area contributed by atoms with Crippen LogP contribution in [0, 0.1) is 11.5 Å². The molecular formula is C17H16N4O2S. The number of carbonyl (C=O) groups is 1. The van der Waals surface area contributed by atoms with E-state index in [9.17, 15) is 4.79 Å². The van der Waals surface area contributed by atoms with Crippen LogP contribution in [0.25, 0.3) is 0 Å². The molecule has 0 unspecified atom stereocenters. The minimum atomic E-state index is -0.251. The SMILES string of the molecule is COc1ccc(C(=O)Nc2ccccc2)cc1N=C(NC#N)SC. The van der Waals surface area contributed by atoms with E-state index < -0.39 is 0 Å². The maximum absolute atomic E-state index is 12.4. The van der Waals surface area contributed by atoms with E-state index in [0.717, 1.165) is 0 Å². The van der Waals surface area contributed by atoms with Gasteiger partial charge in [0.25, 0.3) is 5.91 Å². The van der Waals surface area contributed by atoms with Crippen molar-refractivity contribution in [3.63, 3.8) is 0 Å². The molecule has 0 bridgehead atoms. The zero-order chi connectivity index (χ0) is 17.4. The molecule has 24 heavy (non-hydrogen) atoms. The largest absolute Gasteiger partial charge is 0.494 e. The van der Waals surface area contributed by atoms with Crippen LogP contribution in [-0.2, 0) is 0 Å². The number of amides is 1. The monoisotopic (exact) mass is 340 g/mol. The Kier molecular flexibility index (Phi) is 6.23. The fourth-order valence-electron chi connectivity index (χ4n) is 1.93. The molecule has 0 heterocycles. The summed E-state index contributed by atoms with van der Waals surface area (Å²) in [5, 5.41) is 14.4. The number of thioether (sulfide) groups is 1. The molecule has 0 saturated heterocycles. The minimum absolute atomic E-state index is 0.251. The summed E-state index contributed by atoms with van der Waals surface area (Å²) >= 11 is 1.29. The third-order valence-electron chi connectivity index (χ3n) is 3.05. The minimum Gasteiger partial charge on any atom is -0.494 e. The van der Waals surface area contributed by atoms with Gasteiger partial charge in [0.1, 0.15) is 11.4 Å². The van der Waals surface area contributed by atoms with Crippen LogP contribution in [0.1, 0.15) is 10.4 Å². The van der Waals surface area contributed by atoms with Gasteiger partial charge in [0.05, 0.1) is 7.11 Å². The van der Waals surface area contributed by atoms with Crippen molar-refractivity contribution >= 4 is 34.2 Å². The van der Waals surface area contributed by atoms with Crippen LogP contribution >= 0.6 is 11.8 Å². The number of carbonyl (C=O) groups excluding carboxylic acids is 1. The molecule has 122 valence electrons. The van der Waals surface area contributed by atoms with E-state index >= 15 is 0 Å². The Hall–Kier alpha value is -2.98. The van der Waals surface area contributed by atoms with Crippen LogP contribution in [0.15, 0.2) is 53.5 Å². The summed E-state index contributed by atoms with van der Waals surface area (Å²) in [6, 6.07) is 14.1. The van der Waals surface area contributed by atoms with Crippen molar-refractivity contribution in [1.82, 2.24) is 5.32 Å². The van der Waals surface area contributed by atoms with Crippen LogP contribution < -0.4 is 15.4 Å². The van der Waals surface area contributed by atoms with Gasteiger partial charge < -0.3 is 10.1 Å². The molecule has 2 aromatic carbocycles. The number of nitriles is 1. The van der Waals surface area contributed by atoms with E-state index in [1.165, 1.54) is 18.9 Å². The van der Waals surface area contributed by atoms with E-state index in [1.807, 2.05) is 36.5 Å². The van der Waals surface area contributed by atoms with E-state index in [1.54, 1.807) is 24.5 Å². The topological polar surface area (TPSA) is 86.5 Å². The Morgan fingerprint density at radius 3 is 2.62 bits per heavy atom. The third-order valence-corrected chi connectivity index (χ3v) is 3.63. The Morgan fingerprint density at radius 2 is 2.00 bits per heavy atom. The molecular weight excluding hydrogens is 324 g/mol. The van der Waals surface area contributed by atoms with Crippen LogP contribution in [0.4, 0.5) is 11.4 Å². The van der Waals surface area contributed by atoms with Gasteiger partial charge in [0, 0.05) is 11.3 Å². The Morgan fingerprint density at radius 1 is 1.25 bits per heavy atom. The van der Waals surface area contributed by atoms with E-state index in [0.29, 0.717) is 27.9 Å². The van der Waals surface area contributed by atoms with Gasteiger partial charge in [0.15, 0.2) is 11.4 Å². The summed E-state index contributed by atoms with van der Waals surface area (Å²) in [5.74, 6) is 0.261. The van der Waals surface area contributed by atoms with Gasteiger partial charge >= 0.3 is 0 Å². The molecule has 0 aromatic heterocycles. The summed E-state index contributed by atoms with van der Waals surface area (Å²) in [6.07, 6.45) is 3.62. The predicted octanol–water partition coefficient (Wildman–Crippen LogP) is 3.37. The number of hydrogen-bond donors (Lipinski definition) is 2. The Bertz CT molecular complexity index is 785. The van der Waals surface area contributed by atoms with Gasteiger partial charge in [-0.3, -0.25) is 10.1 Å². The van der Waals surface area contributed by atoms with Crippen molar-refractivity contribution in [3.8, 4) is 11.9 Å². The van der Waals surface area contributed by atoms with Crippen LogP contribution in [0.2, 0.25) is 0 Å². The van der Waals surface area contributed by atoms with Crippen molar-refractivity contribution in [2.24, 2.45) is 4.99 Å². The molecule has 0 radical (unpaired) electrons. The van der Waals surface area contributed by atoms with Gasteiger partial charge in [-0.05, 0) is 36.6 Å². The third kappa shape index (κ3) is 4.51. The maximum Gasteiger partial charge on any atom is 0.255 e. The molecule has 6 nitrogen and oxygen atoms in total. The summed E-state index contributed by atoms with van der Waals surface area (Å²) in [4.78, 5) is 16.7. The average Bonchev–Trinajstić information content (AvgIpc) is 2.62. The van der Waals surface area contributed by atoms with E-state index in [4.69, 9.17) is 10.00 Å². The first-order valence-corrected chi connectivity index (χ1v) is 8.22. The zero-order valence-electron chi connectivity index (χ0n) is 13.2. The van der Waals surface area contributed by atoms with Crippen molar-refractivity contribution in [2.75, 3.05) is 18.7 Å². The predicted molar refractivity (Wildman–Crippen MR) is 96.7 cm³/mol. The van der Waals surface area contributed by atoms with E-state index in [2.05, 4.69) is 15.6 Å². The maximum atomic E-state index is 12.4. The normalized spacial score (nSPS) is 10.6. The number of methoxy groups -OCH3 is 1. The van der Waals surface area contributed by atoms with Crippen molar-refractivity contribution in [2.45, 2.75) is 0 Å². The number of hydrogen-bond acceptors (Lipinski definition) is 5. The lowest BCUT2D eigenvalue weighted by atomic mass is 10.1. The molecule has 2 rings (SSSR count). The summed E-state index contributed by atoms with van der Waals surface area (Å²) in [7, 11) is 1.52. The van der Waals surface area contributed by atoms with Gasteiger partial charge in [0.2, 0.25) is 0 Å². The second kappa shape index (κ2) is 8.60. The lowest BCUT2D eigenvalue weighted by molar-refractivity contribution is 0.102. The second-order valence-corrected chi connectivity index (χ2v) is 5.36. The number of nitrogens with one attached hydrogen (secondary N) is 2. The molecule has 7 heteroatoms. The molecule has 2 N–H and O–H groups in total. The highest BCUT2D eigenvalue weighted by atomic mass is 32.2. The van der Waals surface area contributed by atoms with Crippen molar-refractivity contribution < 1.29 is 9.53 Å². The average molecular weight is 340 g/mol. The highest BCUT2D eigenvalue weighted by Crippen LogP contribution is 2.29. The lowest BCUT2D eigenvalue weighted by Gasteiger charge is -2.09. The molecule has 0 fully saturated rings. The molecule has 2 aromatic rings. The first-order valence-electron chi connectivity index (χ1n) is 7.00. The quantitative estimate of drug-likeness (QED) is 0.386. The molecule has 1 amide bonds. The highest BCUT2D eigenvalue weighted by molar-refractivity contribution is 8.13. The van der Waals surface area contributed by atoms with Gasteiger partial charge in [-0.2, -0.15) is 5.26 Å². The van der Waals surface area contributed by atoms with E-state index in [-0.39, 0.29) is 5.91 Å². The van der Waals surface area contributed by atoms with Crippen molar-refractivity contribution in [3.05, 3.63) is 54.1 Å². The van der Waals surface area contributed by atoms with Crippen LogP contribution in [0.3, 0.4) is 0 Å². The number of para-hydroxylation sites is 1. The van der Waals surface area contributed by atoms with Crippen molar-refractivity contribution in [1.29, 1.82) is 5.26 Å². The molecule has 0 spiro atoms.